The summed E-state index contributed by atoms with van der Waals surface area (Å²) in [5.74, 6) is 0. The van der Waals surface area contributed by atoms with E-state index in [0.29, 0.717) is 12.0 Å². The molecule has 1 fully saturated rings. The van der Waals surface area contributed by atoms with Crippen LogP contribution < -0.4 is 11.2 Å². The Morgan fingerprint density at radius 1 is 1.54 bits per heavy atom. The molecule has 10 heteroatoms. The van der Waals surface area contributed by atoms with Gasteiger partial charge in [-0.05, 0) is 13.3 Å². The van der Waals surface area contributed by atoms with Crippen molar-refractivity contribution in [3.05, 3.63) is 32.6 Å². The maximum Gasteiger partial charge on any atom is 0.328 e. The van der Waals surface area contributed by atoms with E-state index in [0.717, 1.165) is 4.57 Å². The van der Waals surface area contributed by atoms with Gasteiger partial charge in [-0.25, -0.2) is 9.18 Å². The van der Waals surface area contributed by atoms with Crippen LogP contribution >= 0.6 is 8.38 Å². The monoisotopic (exact) mass is 387 g/mol. The van der Waals surface area contributed by atoms with Crippen molar-refractivity contribution in [1.29, 1.82) is 5.26 Å². The zero-order valence-electron chi connectivity index (χ0n) is 15.0. The Balaban J connectivity index is 2.19. The number of aromatic nitrogens is 2. The molecule has 8 nitrogen and oxygen atoms in total. The number of hydrogen-bond donors (Lipinski definition) is 1. The molecule has 1 saturated heterocycles. The van der Waals surface area contributed by atoms with Crippen molar-refractivity contribution < 1.29 is 18.2 Å². The molecule has 1 aromatic rings. The largest absolute Gasteiger partial charge is 0.373 e. The fraction of sp³-hybridized carbons (Fsp3) is 0.688. The van der Waals surface area contributed by atoms with Crippen LogP contribution in [0.4, 0.5) is 4.39 Å². The highest BCUT2D eigenvalue weighted by molar-refractivity contribution is 7.46. The molecule has 0 saturated carbocycles. The lowest BCUT2D eigenvalue weighted by Crippen LogP contribution is -2.51. The Kier molecular flexibility index (Phi) is 7.47. The van der Waals surface area contributed by atoms with Crippen molar-refractivity contribution in [2.24, 2.45) is 0 Å². The van der Waals surface area contributed by atoms with Gasteiger partial charge in [-0.15, -0.1) is 0 Å². The third-order valence-corrected chi connectivity index (χ3v) is 5.28. The van der Waals surface area contributed by atoms with Gasteiger partial charge < -0.3 is 13.8 Å². The first kappa shape index (κ1) is 20.7. The first-order valence-corrected chi connectivity index (χ1v) is 9.99. The quantitative estimate of drug-likeness (QED) is 0.565. The van der Waals surface area contributed by atoms with Crippen LogP contribution in [-0.4, -0.2) is 47.8 Å². The third-order valence-electron chi connectivity index (χ3n) is 4.19. The number of H-pyrrole nitrogens is 1. The van der Waals surface area contributed by atoms with Gasteiger partial charge in [0, 0.05) is 18.4 Å². The van der Waals surface area contributed by atoms with E-state index in [9.17, 15) is 9.59 Å². The Morgan fingerprint density at radius 2 is 2.27 bits per heavy atom. The van der Waals surface area contributed by atoms with Gasteiger partial charge in [-0.1, -0.05) is 6.92 Å². The van der Waals surface area contributed by atoms with Gasteiger partial charge in [0.1, 0.15) is 6.10 Å². The van der Waals surface area contributed by atoms with Crippen LogP contribution in [0, 0.1) is 18.3 Å². The van der Waals surface area contributed by atoms with Crippen LogP contribution in [0.5, 0.6) is 0 Å². The smallest absolute Gasteiger partial charge is 0.328 e. The Bertz CT molecular complexity index is 761. The molecule has 0 spiro atoms. The van der Waals surface area contributed by atoms with Gasteiger partial charge >= 0.3 is 5.69 Å². The van der Waals surface area contributed by atoms with Crippen molar-refractivity contribution in [3.63, 3.8) is 0 Å². The minimum atomic E-state index is -1.51. The summed E-state index contributed by atoms with van der Waals surface area (Å²) >= 11 is 0. The Morgan fingerprint density at radius 3 is 2.92 bits per heavy atom. The average Bonchev–Trinajstić information content (AvgIpc) is 2.60. The highest BCUT2D eigenvalue weighted by Crippen LogP contribution is 2.41. The topological polar surface area (TPSA) is 106 Å². The third kappa shape index (κ3) is 4.77. The van der Waals surface area contributed by atoms with Crippen LogP contribution in [0.3, 0.4) is 0 Å². The van der Waals surface area contributed by atoms with Gasteiger partial charge in [0.2, 0.25) is 0 Å². The second-order valence-corrected chi connectivity index (χ2v) is 7.37. The number of aryl methyl sites for hydroxylation is 1. The summed E-state index contributed by atoms with van der Waals surface area (Å²) in [6.07, 6.45) is -0.785. The molecule has 5 atom stereocenters. The molecule has 2 rings (SSSR count). The molecule has 26 heavy (non-hydrogen) atoms. The van der Waals surface area contributed by atoms with Crippen molar-refractivity contribution in [2.45, 2.75) is 51.1 Å². The lowest BCUT2D eigenvalue weighted by molar-refractivity contribution is -0.126. The van der Waals surface area contributed by atoms with Crippen LogP contribution in [-0.2, 0) is 13.8 Å². The van der Waals surface area contributed by atoms with Gasteiger partial charge in [-0.2, -0.15) is 5.26 Å². The molecule has 1 aliphatic heterocycles. The normalized spacial score (nSPS) is 27.0. The lowest BCUT2D eigenvalue weighted by Gasteiger charge is -2.39. The molecular formula is C16H23FN3O5P. The molecule has 144 valence electrons. The van der Waals surface area contributed by atoms with Crippen molar-refractivity contribution in [2.75, 3.05) is 19.9 Å². The predicted molar refractivity (Wildman–Crippen MR) is 93.9 cm³/mol. The zero-order chi connectivity index (χ0) is 19.3. The van der Waals surface area contributed by atoms with Gasteiger partial charge in [0.05, 0.1) is 37.8 Å². The average molecular weight is 387 g/mol. The van der Waals surface area contributed by atoms with E-state index in [4.69, 9.17) is 19.0 Å². The number of nitrogens with one attached hydrogen (secondary N) is 1. The molecular weight excluding hydrogens is 364 g/mol. The minimum absolute atomic E-state index is 0.00184. The molecule has 1 N–H and O–H groups in total. The number of nitriles is 1. The van der Waals surface area contributed by atoms with E-state index in [1.165, 1.54) is 6.20 Å². The standard InChI is InChI=1S/C16H23FN3O5P/c1-4-12-14(25-26(3)24-7-5-6-18)13(17)11(9-23-12)20-8-10(2)15(21)19-16(20)22/h8,11-14H,4-5,7,9H2,1-3H3,(H,19,21,22). The first-order valence-electron chi connectivity index (χ1n) is 8.37. The zero-order valence-corrected chi connectivity index (χ0v) is 15.9. The van der Waals surface area contributed by atoms with Gasteiger partial charge in [-0.3, -0.25) is 14.3 Å². The van der Waals surface area contributed by atoms with Crippen molar-refractivity contribution in [1.82, 2.24) is 9.55 Å². The molecule has 2 heterocycles. The number of nitrogens with zero attached hydrogens (tertiary/aromatic N) is 2. The first-order chi connectivity index (χ1) is 12.4. The fourth-order valence-electron chi connectivity index (χ4n) is 2.80. The van der Waals surface area contributed by atoms with Crippen molar-refractivity contribution in [3.8, 4) is 6.07 Å². The maximum atomic E-state index is 15.2. The Labute approximate surface area is 151 Å². The summed E-state index contributed by atoms with van der Waals surface area (Å²) in [4.78, 5) is 25.8. The lowest BCUT2D eigenvalue weighted by atomic mass is 9.97. The number of aromatic amines is 1. The fourth-order valence-corrected chi connectivity index (χ4v) is 3.80. The Hall–Kier alpha value is -1.59. The minimum Gasteiger partial charge on any atom is -0.373 e. The molecule has 0 aromatic carbocycles. The van der Waals surface area contributed by atoms with E-state index >= 15 is 4.39 Å². The number of alkyl halides is 1. The number of hydrogen-bond acceptors (Lipinski definition) is 6. The summed E-state index contributed by atoms with van der Waals surface area (Å²) in [6, 6.07) is 1.06. The molecule has 5 unspecified atom stereocenters. The predicted octanol–water partition coefficient (Wildman–Crippen LogP) is 1.79. The molecule has 0 amide bonds. The van der Waals surface area contributed by atoms with Crippen LogP contribution in [0.15, 0.2) is 15.8 Å². The number of rotatable bonds is 7. The SMILES string of the molecule is CCC1OCC(n2cc(C)c(=O)[nH]c2=O)C(F)C1OP(C)OCCC#N. The molecule has 0 aliphatic carbocycles. The molecule has 0 bridgehead atoms. The van der Waals surface area contributed by atoms with E-state index in [-0.39, 0.29) is 19.6 Å². The van der Waals surface area contributed by atoms with E-state index in [1.807, 2.05) is 13.0 Å². The van der Waals surface area contributed by atoms with Crippen molar-refractivity contribution >= 4 is 8.38 Å². The second-order valence-electron chi connectivity index (χ2n) is 6.02. The summed E-state index contributed by atoms with van der Waals surface area (Å²) in [6.45, 7) is 5.30. The van der Waals surface area contributed by atoms with Gasteiger partial charge in [0.25, 0.3) is 5.56 Å². The van der Waals surface area contributed by atoms with E-state index in [2.05, 4.69) is 4.98 Å². The van der Waals surface area contributed by atoms with Crippen LogP contribution in [0.1, 0.15) is 31.4 Å². The summed E-state index contributed by atoms with van der Waals surface area (Å²) < 4.78 is 33.3. The maximum absolute atomic E-state index is 15.2. The summed E-state index contributed by atoms with van der Waals surface area (Å²) in [5, 5.41) is 8.55. The summed E-state index contributed by atoms with van der Waals surface area (Å²) in [7, 11) is -1.40. The summed E-state index contributed by atoms with van der Waals surface area (Å²) in [5.41, 5.74) is -0.875. The highest BCUT2D eigenvalue weighted by Gasteiger charge is 2.43. The number of ether oxygens (including phenoxy) is 1. The highest BCUT2D eigenvalue weighted by atomic mass is 31.2. The number of halogens is 1. The van der Waals surface area contributed by atoms with Crippen LogP contribution in [0.2, 0.25) is 0 Å². The van der Waals surface area contributed by atoms with Crippen LogP contribution in [0.25, 0.3) is 0 Å². The van der Waals surface area contributed by atoms with E-state index < -0.39 is 44.0 Å². The van der Waals surface area contributed by atoms with Gasteiger partial charge in [0.15, 0.2) is 14.5 Å². The second kappa shape index (κ2) is 9.38. The molecule has 1 aromatic heterocycles. The molecule has 1 aliphatic rings. The molecule has 0 radical (unpaired) electrons. The van der Waals surface area contributed by atoms with E-state index in [1.54, 1.807) is 13.6 Å².